The minimum Gasteiger partial charge on any atom is -0.334 e. The van der Waals surface area contributed by atoms with Crippen LogP contribution in [0.3, 0.4) is 0 Å². The van der Waals surface area contributed by atoms with Crippen LogP contribution in [0.1, 0.15) is 27.8 Å². The van der Waals surface area contributed by atoms with E-state index in [0.717, 1.165) is 15.9 Å². The lowest BCUT2D eigenvalue weighted by atomic mass is 10.1. The topological polar surface area (TPSA) is 66.8 Å². The Balaban J connectivity index is 1.69. The fourth-order valence-corrected chi connectivity index (χ4v) is 2.63. The maximum atomic E-state index is 12.3. The molecule has 1 aliphatic rings. The number of halogens is 1. The summed E-state index contributed by atoms with van der Waals surface area (Å²) in [5, 5.41) is 11.2. The number of hydrogen-bond acceptors (Lipinski definition) is 3. The molecule has 0 atom stereocenters. The van der Waals surface area contributed by atoms with E-state index in [1.165, 1.54) is 0 Å². The minimum absolute atomic E-state index is 0.0474. The lowest BCUT2D eigenvalue weighted by molar-refractivity contribution is 0.0500. The van der Waals surface area contributed by atoms with E-state index in [-0.39, 0.29) is 11.9 Å². The molecular formula is C12H14BrN5O. The molecule has 1 fully saturated rings. The summed E-state index contributed by atoms with van der Waals surface area (Å²) in [4.78, 5) is 14.2. The van der Waals surface area contributed by atoms with Crippen LogP contribution >= 0.6 is 15.9 Å². The van der Waals surface area contributed by atoms with E-state index in [2.05, 4.69) is 31.2 Å². The molecule has 0 aliphatic carbocycles. The molecule has 3 rings (SSSR count). The molecule has 0 radical (unpaired) electrons. The summed E-state index contributed by atoms with van der Waals surface area (Å²) in [6, 6.07) is 0.266. The number of nitrogens with zero attached hydrogens (tertiary/aromatic N) is 4. The Morgan fingerprint density at radius 2 is 2.21 bits per heavy atom. The van der Waals surface area contributed by atoms with Gasteiger partial charge in [-0.05, 0) is 29.8 Å². The van der Waals surface area contributed by atoms with Gasteiger partial charge >= 0.3 is 0 Å². The number of aryl methyl sites for hydroxylation is 2. The van der Waals surface area contributed by atoms with Crippen LogP contribution in [0.2, 0.25) is 0 Å². The van der Waals surface area contributed by atoms with Crippen LogP contribution in [0, 0.1) is 13.8 Å². The van der Waals surface area contributed by atoms with Crippen molar-refractivity contribution in [3.63, 3.8) is 0 Å². The summed E-state index contributed by atoms with van der Waals surface area (Å²) >= 11 is 3.37. The second kappa shape index (κ2) is 4.48. The first kappa shape index (κ1) is 12.4. The standard InChI is InChI=1S/C12H14BrN5O/c1-7-11(8(2)16-15-7)12(19)17-5-10(6-17)18-4-9(13)3-14-18/h3-4,10H,5-6H2,1-2H3,(H,15,16). The van der Waals surface area contributed by atoms with E-state index in [9.17, 15) is 4.79 Å². The molecule has 7 heteroatoms. The molecule has 1 amide bonds. The van der Waals surface area contributed by atoms with E-state index in [0.29, 0.717) is 18.7 Å². The van der Waals surface area contributed by atoms with E-state index >= 15 is 0 Å². The first-order valence-electron chi connectivity index (χ1n) is 6.06. The Hall–Kier alpha value is -1.63. The zero-order valence-corrected chi connectivity index (χ0v) is 12.3. The van der Waals surface area contributed by atoms with Gasteiger partial charge in [0.2, 0.25) is 0 Å². The molecule has 2 aromatic rings. The summed E-state index contributed by atoms with van der Waals surface area (Å²) < 4.78 is 2.85. The zero-order valence-electron chi connectivity index (χ0n) is 10.7. The largest absolute Gasteiger partial charge is 0.334 e. The number of aromatic amines is 1. The molecule has 0 spiro atoms. The highest BCUT2D eigenvalue weighted by Crippen LogP contribution is 2.25. The predicted molar refractivity (Wildman–Crippen MR) is 72.9 cm³/mol. The van der Waals surface area contributed by atoms with Crippen molar-refractivity contribution in [2.45, 2.75) is 19.9 Å². The van der Waals surface area contributed by atoms with Crippen molar-refractivity contribution in [1.82, 2.24) is 24.9 Å². The number of aromatic nitrogens is 4. The molecule has 19 heavy (non-hydrogen) atoms. The summed E-state index contributed by atoms with van der Waals surface area (Å²) in [5.74, 6) is 0.0474. The van der Waals surface area contributed by atoms with E-state index < -0.39 is 0 Å². The Morgan fingerprint density at radius 1 is 1.47 bits per heavy atom. The monoisotopic (exact) mass is 323 g/mol. The molecule has 6 nitrogen and oxygen atoms in total. The number of hydrogen-bond donors (Lipinski definition) is 1. The Kier molecular flexibility index (Phi) is 2.93. The number of nitrogens with one attached hydrogen (secondary N) is 1. The Bertz CT molecular complexity index is 606. The Morgan fingerprint density at radius 3 is 2.74 bits per heavy atom. The van der Waals surface area contributed by atoms with Gasteiger partial charge in [0.1, 0.15) is 0 Å². The minimum atomic E-state index is 0.0474. The maximum Gasteiger partial charge on any atom is 0.257 e. The molecule has 100 valence electrons. The van der Waals surface area contributed by atoms with Crippen LogP contribution in [0.25, 0.3) is 0 Å². The fourth-order valence-electron chi connectivity index (χ4n) is 2.33. The van der Waals surface area contributed by atoms with Gasteiger partial charge in [0.25, 0.3) is 5.91 Å². The van der Waals surface area contributed by atoms with Crippen molar-refractivity contribution in [3.05, 3.63) is 33.8 Å². The first-order chi connectivity index (χ1) is 9.06. The van der Waals surface area contributed by atoms with Gasteiger partial charge in [0.05, 0.1) is 28.0 Å². The van der Waals surface area contributed by atoms with Crippen molar-refractivity contribution in [2.75, 3.05) is 13.1 Å². The molecule has 0 unspecified atom stereocenters. The summed E-state index contributed by atoms with van der Waals surface area (Å²) in [6.45, 7) is 5.10. The summed E-state index contributed by atoms with van der Waals surface area (Å²) in [5.41, 5.74) is 2.28. The highest BCUT2D eigenvalue weighted by Gasteiger charge is 2.34. The predicted octanol–water partition coefficient (Wildman–Crippen LogP) is 1.68. The molecule has 1 saturated heterocycles. The van der Waals surface area contributed by atoms with Gasteiger partial charge in [-0.2, -0.15) is 10.2 Å². The van der Waals surface area contributed by atoms with Gasteiger partial charge in [-0.1, -0.05) is 0 Å². The number of likely N-dealkylation sites (tertiary alicyclic amines) is 1. The zero-order chi connectivity index (χ0) is 13.6. The average molecular weight is 324 g/mol. The molecule has 0 aromatic carbocycles. The van der Waals surface area contributed by atoms with E-state index in [1.807, 2.05) is 29.6 Å². The molecular weight excluding hydrogens is 310 g/mol. The van der Waals surface area contributed by atoms with Crippen LogP contribution in [0.4, 0.5) is 0 Å². The van der Waals surface area contributed by atoms with Crippen molar-refractivity contribution < 1.29 is 4.79 Å². The third-order valence-corrected chi connectivity index (χ3v) is 3.85. The van der Waals surface area contributed by atoms with Crippen molar-refractivity contribution in [2.24, 2.45) is 0 Å². The number of H-pyrrole nitrogens is 1. The average Bonchev–Trinajstić information content (AvgIpc) is 2.84. The third kappa shape index (κ3) is 2.07. The molecule has 1 aliphatic heterocycles. The van der Waals surface area contributed by atoms with Crippen molar-refractivity contribution >= 4 is 21.8 Å². The molecule has 3 heterocycles. The van der Waals surface area contributed by atoms with Gasteiger partial charge in [-0.15, -0.1) is 0 Å². The Labute approximate surface area is 118 Å². The van der Waals surface area contributed by atoms with Gasteiger partial charge in [0, 0.05) is 25.0 Å². The SMILES string of the molecule is Cc1n[nH]c(C)c1C(=O)N1CC(n2cc(Br)cn2)C1. The summed E-state index contributed by atoms with van der Waals surface area (Å²) in [6.07, 6.45) is 3.69. The highest BCUT2D eigenvalue weighted by molar-refractivity contribution is 9.10. The number of rotatable bonds is 2. The maximum absolute atomic E-state index is 12.3. The number of amides is 1. The van der Waals surface area contributed by atoms with E-state index in [4.69, 9.17) is 0 Å². The third-order valence-electron chi connectivity index (χ3n) is 3.44. The van der Waals surface area contributed by atoms with Crippen LogP contribution in [0.5, 0.6) is 0 Å². The number of carbonyl (C=O) groups is 1. The van der Waals surface area contributed by atoms with Gasteiger partial charge in [0.15, 0.2) is 0 Å². The van der Waals surface area contributed by atoms with Crippen LogP contribution in [-0.2, 0) is 0 Å². The lowest BCUT2D eigenvalue weighted by Gasteiger charge is -2.39. The van der Waals surface area contributed by atoms with Crippen molar-refractivity contribution in [3.8, 4) is 0 Å². The molecule has 1 N–H and O–H groups in total. The summed E-state index contributed by atoms with van der Waals surface area (Å²) in [7, 11) is 0. The normalized spacial score (nSPS) is 15.6. The second-order valence-electron chi connectivity index (χ2n) is 4.81. The molecule has 2 aromatic heterocycles. The second-order valence-corrected chi connectivity index (χ2v) is 5.73. The van der Waals surface area contributed by atoms with Gasteiger partial charge in [-0.25, -0.2) is 0 Å². The van der Waals surface area contributed by atoms with E-state index in [1.54, 1.807) is 6.20 Å². The van der Waals surface area contributed by atoms with Crippen LogP contribution in [-0.4, -0.2) is 43.9 Å². The highest BCUT2D eigenvalue weighted by atomic mass is 79.9. The molecule has 0 bridgehead atoms. The van der Waals surface area contributed by atoms with Crippen LogP contribution < -0.4 is 0 Å². The van der Waals surface area contributed by atoms with Gasteiger partial charge < -0.3 is 4.90 Å². The number of carbonyl (C=O) groups excluding carboxylic acids is 1. The van der Waals surface area contributed by atoms with Gasteiger partial charge in [-0.3, -0.25) is 14.6 Å². The fraction of sp³-hybridized carbons (Fsp3) is 0.417. The smallest absolute Gasteiger partial charge is 0.257 e. The quantitative estimate of drug-likeness (QED) is 0.914. The lowest BCUT2D eigenvalue weighted by Crippen LogP contribution is -2.51. The van der Waals surface area contributed by atoms with Crippen molar-refractivity contribution in [1.29, 1.82) is 0 Å². The van der Waals surface area contributed by atoms with Crippen LogP contribution in [0.15, 0.2) is 16.9 Å². The molecule has 0 saturated carbocycles. The first-order valence-corrected chi connectivity index (χ1v) is 6.86.